The fourth-order valence-corrected chi connectivity index (χ4v) is 2.05. The molecule has 1 amide bonds. The van der Waals surface area contributed by atoms with Crippen molar-refractivity contribution < 1.29 is 14.6 Å². The molecule has 0 saturated carbocycles. The van der Waals surface area contributed by atoms with Crippen LogP contribution in [0, 0.1) is 0 Å². The third-order valence-corrected chi connectivity index (χ3v) is 3.14. The zero-order valence-electron chi connectivity index (χ0n) is 10.8. The Bertz CT molecular complexity index is 454. The molecular formula is C14H19NO3. The van der Waals surface area contributed by atoms with Gasteiger partial charge >= 0.3 is 0 Å². The van der Waals surface area contributed by atoms with Crippen molar-refractivity contribution in [2.24, 2.45) is 0 Å². The number of hydrogen-bond donors (Lipinski definition) is 2. The van der Waals surface area contributed by atoms with Crippen molar-refractivity contribution in [1.29, 1.82) is 0 Å². The molecular weight excluding hydrogens is 230 g/mol. The van der Waals surface area contributed by atoms with Crippen LogP contribution in [0.15, 0.2) is 18.2 Å². The van der Waals surface area contributed by atoms with Gasteiger partial charge in [-0.3, -0.25) is 4.79 Å². The monoisotopic (exact) mass is 249 g/mol. The van der Waals surface area contributed by atoms with Crippen LogP contribution in [0.4, 0.5) is 0 Å². The molecule has 0 aliphatic carbocycles. The number of amides is 1. The molecule has 0 spiro atoms. The van der Waals surface area contributed by atoms with Gasteiger partial charge in [0.25, 0.3) is 5.91 Å². The minimum absolute atomic E-state index is 0.0608. The highest BCUT2D eigenvalue weighted by molar-refractivity contribution is 5.95. The number of hydrogen-bond acceptors (Lipinski definition) is 3. The van der Waals surface area contributed by atoms with Gasteiger partial charge in [0.05, 0.1) is 6.61 Å². The Labute approximate surface area is 107 Å². The Kier molecular flexibility index (Phi) is 3.57. The molecule has 1 heterocycles. The number of carbonyl (C=O) groups excluding carboxylic acids is 1. The lowest BCUT2D eigenvalue weighted by atomic mass is 10.00. The van der Waals surface area contributed by atoms with Gasteiger partial charge in [0.2, 0.25) is 0 Å². The number of aliphatic hydroxyl groups excluding tert-OH is 1. The van der Waals surface area contributed by atoms with Crippen LogP contribution in [0.5, 0.6) is 5.75 Å². The van der Waals surface area contributed by atoms with Crippen LogP contribution >= 0.6 is 0 Å². The molecule has 0 unspecified atom stereocenters. The van der Waals surface area contributed by atoms with Gasteiger partial charge in [-0.15, -0.1) is 0 Å². The van der Waals surface area contributed by atoms with Crippen molar-refractivity contribution in [3.8, 4) is 5.75 Å². The molecule has 1 aliphatic rings. The first-order chi connectivity index (χ1) is 8.52. The van der Waals surface area contributed by atoms with Crippen molar-refractivity contribution in [3.63, 3.8) is 0 Å². The second kappa shape index (κ2) is 4.98. The lowest BCUT2D eigenvalue weighted by Gasteiger charge is -2.25. The zero-order valence-corrected chi connectivity index (χ0v) is 10.8. The van der Waals surface area contributed by atoms with Crippen LogP contribution in [0.3, 0.4) is 0 Å². The van der Waals surface area contributed by atoms with E-state index in [9.17, 15) is 4.79 Å². The summed E-state index contributed by atoms with van der Waals surface area (Å²) in [5, 5.41) is 11.9. The fraction of sp³-hybridized carbons (Fsp3) is 0.500. The summed E-state index contributed by atoms with van der Waals surface area (Å²) in [4.78, 5) is 12.1. The van der Waals surface area contributed by atoms with Crippen molar-refractivity contribution >= 4 is 5.91 Å². The van der Waals surface area contributed by atoms with Gasteiger partial charge in [0.1, 0.15) is 5.75 Å². The van der Waals surface area contributed by atoms with E-state index in [1.54, 1.807) is 6.07 Å². The molecule has 0 saturated heterocycles. The van der Waals surface area contributed by atoms with Crippen LogP contribution < -0.4 is 10.1 Å². The van der Waals surface area contributed by atoms with Gasteiger partial charge in [0, 0.05) is 24.1 Å². The summed E-state index contributed by atoms with van der Waals surface area (Å²) >= 11 is 0. The lowest BCUT2D eigenvalue weighted by Crippen LogP contribution is -2.44. The molecule has 1 aromatic carbocycles. The quantitative estimate of drug-likeness (QED) is 0.850. The molecule has 98 valence electrons. The van der Waals surface area contributed by atoms with E-state index in [0.717, 1.165) is 17.7 Å². The summed E-state index contributed by atoms with van der Waals surface area (Å²) < 4.78 is 5.41. The fourth-order valence-electron chi connectivity index (χ4n) is 2.05. The van der Waals surface area contributed by atoms with E-state index in [0.29, 0.717) is 18.6 Å². The Balaban J connectivity index is 2.10. The van der Waals surface area contributed by atoms with Gasteiger partial charge < -0.3 is 15.2 Å². The third kappa shape index (κ3) is 2.82. The van der Waals surface area contributed by atoms with E-state index in [1.807, 2.05) is 26.0 Å². The topological polar surface area (TPSA) is 58.6 Å². The van der Waals surface area contributed by atoms with Crippen molar-refractivity contribution in [2.75, 3.05) is 13.2 Å². The van der Waals surface area contributed by atoms with E-state index in [-0.39, 0.29) is 12.5 Å². The second-order valence-electron chi connectivity index (χ2n) is 5.23. The number of rotatable bonds is 4. The van der Waals surface area contributed by atoms with Gasteiger partial charge in [-0.25, -0.2) is 0 Å². The second-order valence-corrected chi connectivity index (χ2v) is 5.23. The Hall–Kier alpha value is -1.55. The van der Waals surface area contributed by atoms with Crippen LogP contribution in [0.1, 0.15) is 36.2 Å². The Morgan fingerprint density at radius 2 is 2.28 bits per heavy atom. The zero-order chi connectivity index (χ0) is 13.2. The Morgan fingerprint density at radius 3 is 3.00 bits per heavy atom. The summed E-state index contributed by atoms with van der Waals surface area (Å²) in [6, 6.07) is 5.50. The minimum Gasteiger partial charge on any atom is -0.493 e. The number of aliphatic hydroxyl groups is 1. The molecule has 0 aromatic heterocycles. The summed E-state index contributed by atoms with van der Waals surface area (Å²) in [6.45, 7) is 4.55. The van der Waals surface area contributed by atoms with Gasteiger partial charge in [-0.1, -0.05) is 0 Å². The normalized spacial score (nSPS) is 13.9. The van der Waals surface area contributed by atoms with E-state index in [4.69, 9.17) is 9.84 Å². The standard InChI is InChI=1S/C14H19NO3/c1-14(2,6-7-16)15-13(17)11-3-4-12-10(9-11)5-8-18-12/h3-4,9,16H,5-8H2,1-2H3,(H,15,17). The molecule has 0 atom stereocenters. The van der Waals surface area contributed by atoms with Crippen LogP contribution in [0.25, 0.3) is 0 Å². The molecule has 2 N–H and O–H groups in total. The molecule has 1 aromatic rings. The highest BCUT2D eigenvalue weighted by Gasteiger charge is 2.21. The maximum absolute atomic E-state index is 12.1. The molecule has 2 rings (SSSR count). The van der Waals surface area contributed by atoms with Crippen LogP contribution in [0.2, 0.25) is 0 Å². The molecule has 0 bridgehead atoms. The predicted octanol–water partition coefficient (Wildman–Crippen LogP) is 1.51. The van der Waals surface area contributed by atoms with E-state index in [2.05, 4.69) is 5.32 Å². The first-order valence-electron chi connectivity index (χ1n) is 6.21. The van der Waals surface area contributed by atoms with Crippen molar-refractivity contribution in [2.45, 2.75) is 32.2 Å². The Morgan fingerprint density at radius 1 is 1.50 bits per heavy atom. The van der Waals surface area contributed by atoms with Crippen LogP contribution in [-0.2, 0) is 6.42 Å². The highest BCUT2D eigenvalue weighted by Crippen LogP contribution is 2.26. The highest BCUT2D eigenvalue weighted by atomic mass is 16.5. The van der Waals surface area contributed by atoms with Crippen LogP contribution in [-0.4, -0.2) is 29.8 Å². The molecule has 0 fully saturated rings. The largest absolute Gasteiger partial charge is 0.493 e. The lowest BCUT2D eigenvalue weighted by molar-refractivity contribution is 0.0899. The molecule has 0 radical (unpaired) electrons. The molecule has 1 aliphatic heterocycles. The van der Waals surface area contributed by atoms with Gasteiger partial charge in [-0.05, 0) is 44.0 Å². The van der Waals surface area contributed by atoms with E-state index < -0.39 is 5.54 Å². The number of carbonyl (C=O) groups is 1. The van der Waals surface area contributed by atoms with Gasteiger partial charge in [-0.2, -0.15) is 0 Å². The van der Waals surface area contributed by atoms with Crippen molar-refractivity contribution in [1.82, 2.24) is 5.32 Å². The minimum atomic E-state index is -0.401. The third-order valence-electron chi connectivity index (χ3n) is 3.14. The predicted molar refractivity (Wildman–Crippen MR) is 68.9 cm³/mol. The first-order valence-corrected chi connectivity index (χ1v) is 6.21. The molecule has 4 nitrogen and oxygen atoms in total. The number of benzene rings is 1. The summed E-state index contributed by atoms with van der Waals surface area (Å²) in [5.41, 5.74) is 1.33. The maximum Gasteiger partial charge on any atom is 0.251 e. The first kappa shape index (κ1) is 12.9. The van der Waals surface area contributed by atoms with Gasteiger partial charge in [0.15, 0.2) is 0 Å². The molecule has 18 heavy (non-hydrogen) atoms. The summed E-state index contributed by atoms with van der Waals surface area (Å²) in [6.07, 6.45) is 1.39. The van der Waals surface area contributed by atoms with E-state index in [1.165, 1.54) is 0 Å². The average Bonchev–Trinajstić information content (AvgIpc) is 2.74. The SMILES string of the molecule is CC(C)(CCO)NC(=O)c1ccc2c(c1)CCO2. The molecule has 4 heteroatoms. The number of ether oxygens (including phenoxy) is 1. The number of fused-ring (bicyclic) bond motifs is 1. The summed E-state index contributed by atoms with van der Waals surface area (Å²) in [7, 11) is 0. The maximum atomic E-state index is 12.1. The smallest absolute Gasteiger partial charge is 0.251 e. The number of nitrogens with one attached hydrogen (secondary N) is 1. The summed E-state index contributed by atoms with van der Waals surface area (Å²) in [5.74, 6) is 0.768. The van der Waals surface area contributed by atoms with E-state index >= 15 is 0 Å². The van der Waals surface area contributed by atoms with Crippen molar-refractivity contribution in [3.05, 3.63) is 29.3 Å². The average molecular weight is 249 g/mol.